The Bertz CT molecular complexity index is 2990. The predicted octanol–water partition coefficient (Wildman–Crippen LogP) is 8.49. The number of hydrogen-bond acceptors (Lipinski definition) is 1. The maximum Gasteiger partial charge on any atom is 0.252 e. The molecular formula is C41H24BN3S. The van der Waals surface area contributed by atoms with Gasteiger partial charge in [0.15, 0.2) is 0 Å². The summed E-state index contributed by atoms with van der Waals surface area (Å²) in [6, 6.07) is 47.6. The van der Waals surface area contributed by atoms with Crippen molar-refractivity contribution in [2.75, 3.05) is 0 Å². The Kier molecular flexibility index (Phi) is 4.14. The second-order valence-corrected chi connectivity index (χ2v) is 14.0. The standard InChI is InChI=1S/C41H24BN3S/c1-23-21-32-35-33(22-23)45-37-28(41-40(45)26-14-6-8-20-34(26)46-41)16-10-18-30(37)42(35)29-17-9-15-27-36(29)44(32)38-25-13-5-7-19-31(25)43(39(27)38)24-11-3-2-4-12-24/h2-22H,1H3. The van der Waals surface area contributed by atoms with Crippen LogP contribution in [0.3, 0.4) is 0 Å². The third kappa shape index (κ3) is 2.59. The summed E-state index contributed by atoms with van der Waals surface area (Å²) in [5.74, 6) is 0. The normalized spacial score (nSPS) is 13.3. The van der Waals surface area contributed by atoms with Crippen molar-refractivity contribution in [3.63, 3.8) is 0 Å². The van der Waals surface area contributed by atoms with Gasteiger partial charge in [-0.05, 0) is 65.3 Å². The quantitative estimate of drug-likeness (QED) is 0.168. The molecule has 3 nitrogen and oxygen atoms in total. The molecule has 12 rings (SSSR count). The molecule has 0 fully saturated rings. The highest BCUT2D eigenvalue weighted by molar-refractivity contribution is 7.26. The molecule has 0 spiro atoms. The smallest absolute Gasteiger partial charge is 0.252 e. The minimum absolute atomic E-state index is 0.156. The van der Waals surface area contributed by atoms with E-state index < -0.39 is 0 Å². The Balaban J connectivity index is 1.33. The topological polar surface area (TPSA) is 14.8 Å². The Hall–Kier alpha value is -5.52. The van der Waals surface area contributed by atoms with E-state index in [1.165, 1.54) is 103 Å². The molecule has 10 aromatic rings. The maximum absolute atomic E-state index is 2.61. The first-order chi connectivity index (χ1) is 22.8. The lowest BCUT2D eigenvalue weighted by molar-refractivity contribution is 1.14. The van der Waals surface area contributed by atoms with Crippen molar-refractivity contribution in [3.05, 3.63) is 133 Å². The van der Waals surface area contributed by atoms with Crippen molar-refractivity contribution >= 4 is 98.5 Å². The molecule has 0 saturated heterocycles. The zero-order valence-electron chi connectivity index (χ0n) is 25.0. The first-order valence-electron chi connectivity index (χ1n) is 16.0. The first kappa shape index (κ1) is 23.8. The maximum atomic E-state index is 2.61. The minimum Gasteiger partial charge on any atom is -0.309 e. The number of hydrogen-bond donors (Lipinski definition) is 0. The summed E-state index contributed by atoms with van der Waals surface area (Å²) in [5.41, 5.74) is 17.1. The monoisotopic (exact) mass is 601 g/mol. The largest absolute Gasteiger partial charge is 0.309 e. The van der Waals surface area contributed by atoms with E-state index in [1.54, 1.807) is 0 Å². The van der Waals surface area contributed by atoms with Crippen LogP contribution in [0.1, 0.15) is 5.56 Å². The summed E-state index contributed by atoms with van der Waals surface area (Å²) in [6.07, 6.45) is 0. The van der Waals surface area contributed by atoms with Crippen molar-refractivity contribution in [1.82, 2.24) is 13.7 Å². The van der Waals surface area contributed by atoms with Gasteiger partial charge in [-0.3, -0.25) is 0 Å². The zero-order chi connectivity index (χ0) is 29.8. The van der Waals surface area contributed by atoms with E-state index in [9.17, 15) is 0 Å². The highest BCUT2D eigenvalue weighted by Gasteiger charge is 2.41. The third-order valence-corrected chi connectivity index (χ3v) is 11.8. The lowest BCUT2D eigenvalue weighted by Gasteiger charge is -2.34. The highest BCUT2D eigenvalue weighted by atomic mass is 32.1. The molecule has 0 atom stereocenters. The molecule has 2 aliphatic rings. The van der Waals surface area contributed by atoms with Gasteiger partial charge in [-0.1, -0.05) is 91.0 Å². The molecule has 0 amide bonds. The zero-order valence-corrected chi connectivity index (χ0v) is 25.8. The molecule has 5 heteroatoms. The average Bonchev–Trinajstić information content (AvgIpc) is 3.82. The van der Waals surface area contributed by atoms with Gasteiger partial charge in [-0.25, -0.2) is 0 Å². The van der Waals surface area contributed by atoms with Crippen molar-refractivity contribution in [2.24, 2.45) is 0 Å². The molecule has 4 aromatic heterocycles. The molecule has 6 aromatic carbocycles. The molecule has 0 bridgehead atoms. The Morgan fingerprint density at radius 3 is 1.91 bits per heavy atom. The molecule has 212 valence electrons. The van der Waals surface area contributed by atoms with Crippen LogP contribution in [0.4, 0.5) is 0 Å². The average molecular weight is 602 g/mol. The van der Waals surface area contributed by atoms with Gasteiger partial charge in [-0.15, -0.1) is 11.3 Å². The van der Waals surface area contributed by atoms with E-state index in [0.717, 1.165) is 0 Å². The van der Waals surface area contributed by atoms with E-state index in [1.807, 2.05) is 11.3 Å². The summed E-state index contributed by atoms with van der Waals surface area (Å²) in [5, 5.41) is 5.29. The minimum atomic E-state index is 0.156. The van der Waals surface area contributed by atoms with Crippen LogP contribution in [0.5, 0.6) is 0 Å². The molecular weight excluding hydrogens is 577 g/mol. The van der Waals surface area contributed by atoms with Crippen LogP contribution in [-0.2, 0) is 0 Å². The number of rotatable bonds is 1. The number of fused-ring (bicyclic) bond motifs is 14. The van der Waals surface area contributed by atoms with Crippen LogP contribution in [0.25, 0.3) is 81.1 Å². The van der Waals surface area contributed by atoms with Gasteiger partial charge < -0.3 is 13.7 Å². The highest BCUT2D eigenvalue weighted by Crippen LogP contribution is 2.46. The van der Waals surface area contributed by atoms with E-state index in [-0.39, 0.29) is 6.71 Å². The summed E-state index contributed by atoms with van der Waals surface area (Å²) in [7, 11) is 0. The molecule has 0 N–H and O–H groups in total. The van der Waals surface area contributed by atoms with Gasteiger partial charge in [0.1, 0.15) is 0 Å². The number of aryl methyl sites for hydroxylation is 1. The van der Waals surface area contributed by atoms with Crippen LogP contribution in [0.15, 0.2) is 127 Å². The van der Waals surface area contributed by atoms with Crippen LogP contribution in [0, 0.1) is 6.92 Å². The number of aromatic nitrogens is 3. The molecule has 6 heterocycles. The Morgan fingerprint density at radius 2 is 1.11 bits per heavy atom. The summed E-state index contributed by atoms with van der Waals surface area (Å²) < 4.78 is 10.4. The molecule has 2 aliphatic heterocycles. The van der Waals surface area contributed by atoms with Gasteiger partial charge >= 0.3 is 0 Å². The second kappa shape index (κ2) is 8.00. The van der Waals surface area contributed by atoms with Crippen molar-refractivity contribution in [3.8, 4) is 17.1 Å². The van der Waals surface area contributed by atoms with Gasteiger partial charge in [0, 0.05) is 43.3 Å². The fraction of sp³-hybridized carbons (Fsp3) is 0.0244. The van der Waals surface area contributed by atoms with E-state index in [4.69, 9.17) is 0 Å². The van der Waals surface area contributed by atoms with Gasteiger partial charge in [0.2, 0.25) is 0 Å². The fourth-order valence-electron chi connectivity index (χ4n) is 9.05. The van der Waals surface area contributed by atoms with Crippen LogP contribution in [0.2, 0.25) is 0 Å². The SMILES string of the molecule is Cc1cc2c3c(c1)-n1c4c(cccc4c4c1c1ccccc1n4-c1ccccc1)B3c1cccc3c4sc5ccccc5c4n-2c13. The third-order valence-electron chi connectivity index (χ3n) is 10.6. The van der Waals surface area contributed by atoms with Crippen LogP contribution >= 0.6 is 11.3 Å². The van der Waals surface area contributed by atoms with Crippen LogP contribution < -0.4 is 16.4 Å². The van der Waals surface area contributed by atoms with Crippen molar-refractivity contribution < 1.29 is 0 Å². The Labute approximate surface area is 268 Å². The lowest BCUT2D eigenvalue weighted by Crippen LogP contribution is -2.59. The molecule has 46 heavy (non-hydrogen) atoms. The summed E-state index contributed by atoms with van der Waals surface area (Å²) in [4.78, 5) is 0. The number of nitrogens with zero attached hydrogens (tertiary/aromatic N) is 3. The van der Waals surface area contributed by atoms with Crippen molar-refractivity contribution in [1.29, 1.82) is 0 Å². The second-order valence-electron chi connectivity index (χ2n) is 13.0. The number of para-hydroxylation sites is 4. The van der Waals surface area contributed by atoms with E-state index >= 15 is 0 Å². The number of thiophene rings is 1. The molecule has 0 unspecified atom stereocenters. The molecule has 0 saturated carbocycles. The predicted molar refractivity (Wildman–Crippen MR) is 197 cm³/mol. The summed E-state index contributed by atoms with van der Waals surface area (Å²) in [6.45, 7) is 2.42. The number of benzene rings is 6. The van der Waals surface area contributed by atoms with E-state index in [0.29, 0.717) is 0 Å². The van der Waals surface area contributed by atoms with Gasteiger partial charge in [0.05, 0.1) is 37.8 Å². The Morgan fingerprint density at radius 1 is 0.500 bits per heavy atom. The molecule has 0 aliphatic carbocycles. The van der Waals surface area contributed by atoms with Crippen LogP contribution in [-0.4, -0.2) is 20.4 Å². The molecule has 0 radical (unpaired) electrons. The first-order valence-corrected chi connectivity index (χ1v) is 16.8. The summed E-state index contributed by atoms with van der Waals surface area (Å²) >= 11 is 1.93. The van der Waals surface area contributed by atoms with E-state index in [2.05, 4.69) is 148 Å². The van der Waals surface area contributed by atoms with Gasteiger partial charge in [-0.2, -0.15) is 0 Å². The fourth-order valence-corrected chi connectivity index (χ4v) is 10.3. The van der Waals surface area contributed by atoms with Crippen molar-refractivity contribution in [2.45, 2.75) is 6.92 Å². The lowest BCUT2D eigenvalue weighted by atomic mass is 9.34. The van der Waals surface area contributed by atoms with Gasteiger partial charge in [0.25, 0.3) is 6.71 Å².